The monoisotopic (exact) mass is 253 g/mol. The summed E-state index contributed by atoms with van der Waals surface area (Å²) in [5.74, 6) is 0.987. The van der Waals surface area contributed by atoms with Crippen LogP contribution in [-0.2, 0) is 0 Å². The third-order valence-electron chi connectivity index (χ3n) is 4.69. The van der Waals surface area contributed by atoms with Gasteiger partial charge in [-0.1, -0.05) is 6.92 Å². The Balaban J connectivity index is 1.63. The standard InChI is InChI=1S/C15H31N3/c1-3-16-15-5-4-9-18(13-15)12-8-14-6-10-17(2)11-7-14/h14-16H,3-13H2,1-2H3. The van der Waals surface area contributed by atoms with Crippen molar-refractivity contribution in [1.29, 1.82) is 0 Å². The molecule has 0 spiro atoms. The second-order valence-corrected chi connectivity index (χ2v) is 6.23. The maximum Gasteiger partial charge on any atom is 0.0195 e. The largest absolute Gasteiger partial charge is 0.313 e. The normalized spacial score (nSPS) is 28.7. The van der Waals surface area contributed by atoms with Gasteiger partial charge in [-0.3, -0.25) is 0 Å². The van der Waals surface area contributed by atoms with Gasteiger partial charge in [0, 0.05) is 12.6 Å². The maximum absolute atomic E-state index is 3.61. The van der Waals surface area contributed by atoms with E-state index in [-0.39, 0.29) is 0 Å². The molecule has 2 saturated heterocycles. The van der Waals surface area contributed by atoms with Crippen LogP contribution in [0.2, 0.25) is 0 Å². The minimum Gasteiger partial charge on any atom is -0.313 e. The van der Waals surface area contributed by atoms with E-state index in [0.717, 1.165) is 18.5 Å². The van der Waals surface area contributed by atoms with E-state index < -0.39 is 0 Å². The van der Waals surface area contributed by atoms with Gasteiger partial charge in [0.1, 0.15) is 0 Å². The molecule has 1 N–H and O–H groups in total. The Morgan fingerprint density at radius 3 is 2.61 bits per heavy atom. The smallest absolute Gasteiger partial charge is 0.0195 e. The second kappa shape index (κ2) is 7.46. The molecule has 0 aliphatic carbocycles. The first-order valence-corrected chi connectivity index (χ1v) is 7.92. The Kier molecular flexibility index (Phi) is 5.93. The maximum atomic E-state index is 3.61. The minimum atomic E-state index is 0.751. The number of hydrogen-bond acceptors (Lipinski definition) is 3. The highest BCUT2D eigenvalue weighted by atomic mass is 15.2. The zero-order valence-electron chi connectivity index (χ0n) is 12.3. The number of likely N-dealkylation sites (N-methyl/N-ethyl adjacent to an activating group) is 1. The number of nitrogens with one attached hydrogen (secondary N) is 1. The molecule has 1 atom stereocenters. The summed E-state index contributed by atoms with van der Waals surface area (Å²) < 4.78 is 0. The summed E-state index contributed by atoms with van der Waals surface area (Å²) >= 11 is 0. The van der Waals surface area contributed by atoms with Gasteiger partial charge in [0.05, 0.1) is 0 Å². The highest BCUT2D eigenvalue weighted by molar-refractivity contribution is 4.79. The average molecular weight is 253 g/mol. The van der Waals surface area contributed by atoms with Crippen LogP contribution in [0.5, 0.6) is 0 Å². The van der Waals surface area contributed by atoms with Gasteiger partial charge in [-0.2, -0.15) is 0 Å². The van der Waals surface area contributed by atoms with E-state index in [1.807, 2.05) is 0 Å². The summed E-state index contributed by atoms with van der Waals surface area (Å²) in [5, 5.41) is 3.61. The number of nitrogens with zero attached hydrogens (tertiary/aromatic N) is 2. The van der Waals surface area contributed by atoms with E-state index >= 15 is 0 Å². The second-order valence-electron chi connectivity index (χ2n) is 6.23. The fourth-order valence-corrected chi connectivity index (χ4v) is 3.43. The van der Waals surface area contributed by atoms with Crippen molar-refractivity contribution in [3.63, 3.8) is 0 Å². The van der Waals surface area contributed by atoms with E-state index in [0.29, 0.717) is 0 Å². The summed E-state index contributed by atoms with van der Waals surface area (Å²) in [6.45, 7) is 9.89. The molecule has 2 fully saturated rings. The fourth-order valence-electron chi connectivity index (χ4n) is 3.43. The Morgan fingerprint density at radius 2 is 1.89 bits per heavy atom. The summed E-state index contributed by atoms with van der Waals surface area (Å²) in [4.78, 5) is 5.16. The van der Waals surface area contributed by atoms with E-state index in [1.54, 1.807) is 0 Å². The van der Waals surface area contributed by atoms with Gasteiger partial charge in [-0.25, -0.2) is 0 Å². The van der Waals surface area contributed by atoms with Gasteiger partial charge in [-0.05, 0) is 77.8 Å². The summed E-state index contributed by atoms with van der Waals surface area (Å²) in [7, 11) is 2.25. The van der Waals surface area contributed by atoms with Gasteiger partial charge in [0.25, 0.3) is 0 Å². The minimum absolute atomic E-state index is 0.751. The first kappa shape index (κ1) is 14.3. The van der Waals surface area contributed by atoms with Crippen molar-refractivity contribution in [2.75, 3.05) is 46.3 Å². The van der Waals surface area contributed by atoms with Crippen LogP contribution in [0, 0.1) is 5.92 Å². The van der Waals surface area contributed by atoms with Crippen molar-refractivity contribution < 1.29 is 0 Å². The molecule has 0 amide bonds. The fraction of sp³-hybridized carbons (Fsp3) is 1.00. The van der Waals surface area contributed by atoms with E-state index in [1.165, 1.54) is 64.8 Å². The van der Waals surface area contributed by atoms with Crippen molar-refractivity contribution in [2.24, 2.45) is 5.92 Å². The Bertz CT molecular complexity index is 222. The zero-order valence-corrected chi connectivity index (χ0v) is 12.3. The molecule has 3 nitrogen and oxygen atoms in total. The number of likely N-dealkylation sites (tertiary alicyclic amines) is 2. The molecule has 0 radical (unpaired) electrons. The topological polar surface area (TPSA) is 18.5 Å². The molecule has 2 heterocycles. The zero-order chi connectivity index (χ0) is 12.8. The van der Waals surface area contributed by atoms with Crippen molar-refractivity contribution in [1.82, 2.24) is 15.1 Å². The van der Waals surface area contributed by atoms with Gasteiger partial charge in [-0.15, -0.1) is 0 Å². The predicted molar refractivity (Wildman–Crippen MR) is 78.0 cm³/mol. The Morgan fingerprint density at radius 1 is 1.11 bits per heavy atom. The molecule has 3 heteroatoms. The van der Waals surface area contributed by atoms with Crippen LogP contribution in [0.3, 0.4) is 0 Å². The summed E-state index contributed by atoms with van der Waals surface area (Å²) in [6, 6.07) is 0.751. The lowest BCUT2D eigenvalue weighted by molar-refractivity contribution is 0.157. The van der Waals surface area contributed by atoms with Crippen molar-refractivity contribution in [3.05, 3.63) is 0 Å². The lowest BCUT2D eigenvalue weighted by Gasteiger charge is -2.35. The molecular weight excluding hydrogens is 222 g/mol. The first-order chi connectivity index (χ1) is 8.78. The van der Waals surface area contributed by atoms with Crippen LogP contribution < -0.4 is 5.32 Å². The molecule has 18 heavy (non-hydrogen) atoms. The molecule has 0 saturated carbocycles. The number of hydrogen-bond donors (Lipinski definition) is 1. The van der Waals surface area contributed by atoms with Crippen molar-refractivity contribution >= 4 is 0 Å². The van der Waals surface area contributed by atoms with E-state index in [2.05, 4.69) is 29.1 Å². The summed E-state index contributed by atoms with van der Waals surface area (Å²) in [5.41, 5.74) is 0. The van der Waals surface area contributed by atoms with Crippen LogP contribution in [0.4, 0.5) is 0 Å². The van der Waals surface area contributed by atoms with Crippen LogP contribution >= 0.6 is 0 Å². The SMILES string of the molecule is CCNC1CCCN(CCC2CCN(C)CC2)C1. The number of piperidine rings is 2. The molecule has 0 aromatic carbocycles. The molecule has 0 aromatic heterocycles. The highest BCUT2D eigenvalue weighted by Crippen LogP contribution is 2.20. The van der Waals surface area contributed by atoms with Gasteiger partial charge in [0.2, 0.25) is 0 Å². The number of rotatable bonds is 5. The molecule has 1 unspecified atom stereocenters. The van der Waals surface area contributed by atoms with E-state index in [9.17, 15) is 0 Å². The lowest BCUT2D eigenvalue weighted by atomic mass is 9.93. The molecule has 0 bridgehead atoms. The van der Waals surface area contributed by atoms with Gasteiger partial charge >= 0.3 is 0 Å². The van der Waals surface area contributed by atoms with Crippen LogP contribution in [-0.4, -0.2) is 62.2 Å². The molecule has 2 aliphatic rings. The quantitative estimate of drug-likeness (QED) is 0.806. The highest BCUT2D eigenvalue weighted by Gasteiger charge is 2.21. The van der Waals surface area contributed by atoms with E-state index in [4.69, 9.17) is 0 Å². The van der Waals surface area contributed by atoms with Gasteiger partial charge in [0.15, 0.2) is 0 Å². The third kappa shape index (κ3) is 4.52. The summed E-state index contributed by atoms with van der Waals surface area (Å²) in [6.07, 6.45) is 7.01. The van der Waals surface area contributed by atoms with Crippen LogP contribution in [0.15, 0.2) is 0 Å². The lowest BCUT2D eigenvalue weighted by Crippen LogP contribution is -2.46. The van der Waals surface area contributed by atoms with Crippen LogP contribution in [0.25, 0.3) is 0 Å². The molecule has 2 rings (SSSR count). The molecule has 0 aromatic rings. The third-order valence-corrected chi connectivity index (χ3v) is 4.69. The van der Waals surface area contributed by atoms with Crippen molar-refractivity contribution in [3.8, 4) is 0 Å². The predicted octanol–water partition coefficient (Wildman–Crippen LogP) is 1.79. The molecular formula is C15H31N3. The Hall–Kier alpha value is -0.120. The van der Waals surface area contributed by atoms with Crippen LogP contribution in [0.1, 0.15) is 39.0 Å². The van der Waals surface area contributed by atoms with Gasteiger partial charge < -0.3 is 15.1 Å². The van der Waals surface area contributed by atoms with Crippen molar-refractivity contribution in [2.45, 2.75) is 45.1 Å². The Labute approximate surface area is 113 Å². The average Bonchev–Trinajstić information content (AvgIpc) is 2.39. The molecule has 106 valence electrons. The first-order valence-electron chi connectivity index (χ1n) is 7.92. The molecule has 2 aliphatic heterocycles.